The largest absolute Gasteiger partial charge is 0.508 e. The summed E-state index contributed by atoms with van der Waals surface area (Å²) in [4.78, 5) is 0. The minimum Gasteiger partial charge on any atom is -0.508 e. The highest BCUT2D eigenvalue weighted by Gasteiger charge is 2.01. The normalized spacial score (nSPS) is 8.50. The van der Waals surface area contributed by atoms with Crippen LogP contribution in [0.1, 0.15) is 7.43 Å². The molecule has 0 heterocycles. The molecule has 0 unspecified atom stereocenters. The third-order valence-corrected chi connectivity index (χ3v) is 1.37. The summed E-state index contributed by atoms with van der Waals surface area (Å²) in [5.41, 5.74) is 0. The van der Waals surface area contributed by atoms with Crippen molar-refractivity contribution in [1.29, 1.82) is 0 Å². The van der Waals surface area contributed by atoms with E-state index in [1.54, 1.807) is 19.2 Å². The van der Waals surface area contributed by atoms with Gasteiger partial charge in [-0.15, -0.1) is 0 Å². The van der Waals surface area contributed by atoms with Crippen LogP contribution in [0, 0.1) is 0 Å². The third-order valence-electron chi connectivity index (χ3n) is 1.37. The number of hydrogen-bond acceptors (Lipinski definition) is 3. The first kappa shape index (κ1) is 10.6. The molecule has 1 aromatic rings. The van der Waals surface area contributed by atoms with Gasteiger partial charge >= 0.3 is 0 Å². The molecule has 0 aliphatic heterocycles. The molecule has 0 bridgehead atoms. The van der Waals surface area contributed by atoms with Crippen LogP contribution in [-0.2, 0) is 0 Å². The van der Waals surface area contributed by atoms with Gasteiger partial charge in [0, 0.05) is 6.07 Å². The first-order valence-corrected chi connectivity index (χ1v) is 3.19. The van der Waals surface area contributed by atoms with Crippen molar-refractivity contribution in [1.82, 2.24) is 0 Å². The molecule has 0 aliphatic rings. The third kappa shape index (κ3) is 2.05. The average Bonchev–Trinajstić information content (AvgIpc) is 2.04. The maximum absolute atomic E-state index is 9.03. The van der Waals surface area contributed by atoms with Crippen LogP contribution in [0.25, 0.3) is 0 Å². The molecule has 0 fully saturated rings. The molecule has 3 nitrogen and oxygen atoms in total. The Kier molecular flexibility index (Phi) is 3.97. The Hall–Kier alpha value is -1.38. The van der Waals surface area contributed by atoms with Crippen molar-refractivity contribution in [3.8, 4) is 17.2 Å². The van der Waals surface area contributed by atoms with E-state index in [1.807, 2.05) is 0 Å². The van der Waals surface area contributed by atoms with Crippen molar-refractivity contribution in [2.24, 2.45) is 0 Å². The quantitative estimate of drug-likeness (QED) is 0.738. The molecule has 1 aromatic carbocycles. The summed E-state index contributed by atoms with van der Waals surface area (Å²) in [5.74, 6) is 1.32. The van der Waals surface area contributed by atoms with Gasteiger partial charge in [0.25, 0.3) is 0 Å². The fraction of sp³-hybridized carbons (Fsp3) is 0.333. The average molecular weight is 170 g/mol. The van der Waals surface area contributed by atoms with Crippen LogP contribution in [0.4, 0.5) is 0 Å². The van der Waals surface area contributed by atoms with E-state index in [-0.39, 0.29) is 13.2 Å². The molecule has 0 saturated carbocycles. The number of rotatable bonds is 2. The lowest BCUT2D eigenvalue weighted by Crippen LogP contribution is -1.88. The zero-order chi connectivity index (χ0) is 8.27. The van der Waals surface area contributed by atoms with Crippen molar-refractivity contribution in [2.75, 3.05) is 14.2 Å². The summed E-state index contributed by atoms with van der Waals surface area (Å²) in [6.07, 6.45) is 0. The topological polar surface area (TPSA) is 38.7 Å². The van der Waals surface area contributed by atoms with E-state index in [2.05, 4.69) is 0 Å². The van der Waals surface area contributed by atoms with Gasteiger partial charge in [-0.05, 0) is 12.1 Å². The van der Waals surface area contributed by atoms with Crippen LogP contribution in [0.5, 0.6) is 17.2 Å². The van der Waals surface area contributed by atoms with E-state index < -0.39 is 0 Å². The number of aromatic hydroxyl groups is 1. The predicted octanol–water partition coefficient (Wildman–Crippen LogP) is 2.05. The lowest BCUT2D eigenvalue weighted by atomic mass is 10.3. The Morgan fingerprint density at radius 1 is 1.08 bits per heavy atom. The fourth-order valence-electron chi connectivity index (χ4n) is 0.825. The maximum atomic E-state index is 9.03. The molecule has 0 amide bonds. The van der Waals surface area contributed by atoms with E-state index in [9.17, 15) is 0 Å². The first-order chi connectivity index (χ1) is 5.27. The Morgan fingerprint density at radius 3 is 2.17 bits per heavy atom. The highest BCUT2D eigenvalue weighted by Crippen LogP contribution is 2.29. The van der Waals surface area contributed by atoms with Crippen LogP contribution in [-0.4, -0.2) is 19.3 Å². The van der Waals surface area contributed by atoms with Gasteiger partial charge in [0.05, 0.1) is 14.2 Å². The standard InChI is InChI=1S/C8H10O3.CH4/c1-10-7-4-3-6(9)5-8(7)11-2;/h3-5,9H,1-2H3;1H4. The summed E-state index contributed by atoms with van der Waals surface area (Å²) in [7, 11) is 3.08. The molecule has 0 saturated heterocycles. The Bertz CT molecular complexity index is 246. The number of benzene rings is 1. The van der Waals surface area contributed by atoms with E-state index in [4.69, 9.17) is 14.6 Å². The van der Waals surface area contributed by atoms with Gasteiger partial charge < -0.3 is 14.6 Å². The van der Waals surface area contributed by atoms with Gasteiger partial charge in [0.15, 0.2) is 11.5 Å². The molecular formula is C9H14O3. The second-order valence-corrected chi connectivity index (χ2v) is 2.04. The van der Waals surface area contributed by atoms with Crippen LogP contribution in [0.2, 0.25) is 0 Å². The number of methoxy groups -OCH3 is 2. The summed E-state index contributed by atoms with van der Waals surface area (Å²) < 4.78 is 9.89. The highest BCUT2D eigenvalue weighted by molar-refractivity contribution is 5.44. The van der Waals surface area contributed by atoms with Crippen LogP contribution in [0.3, 0.4) is 0 Å². The Morgan fingerprint density at radius 2 is 1.67 bits per heavy atom. The minimum atomic E-state index is 0. The number of hydrogen-bond donors (Lipinski definition) is 1. The van der Waals surface area contributed by atoms with E-state index in [1.165, 1.54) is 13.2 Å². The van der Waals surface area contributed by atoms with Crippen molar-refractivity contribution in [2.45, 2.75) is 7.43 Å². The van der Waals surface area contributed by atoms with Gasteiger partial charge in [-0.3, -0.25) is 0 Å². The van der Waals surface area contributed by atoms with E-state index >= 15 is 0 Å². The van der Waals surface area contributed by atoms with Crippen LogP contribution >= 0.6 is 0 Å². The second kappa shape index (κ2) is 4.49. The van der Waals surface area contributed by atoms with E-state index in [0.717, 1.165) is 0 Å². The molecule has 1 N–H and O–H groups in total. The van der Waals surface area contributed by atoms with Gasteiger partial charge in [-0.25, -0.2) is 0 Å². The lowest BCUT2D eigenvalue weighted by Gasteiger charge is -2.06. The maximum Gasteiger partial charge on any atom is 0.164 e. The summed E-state index contributed by atoms with van der Waals surface area (Å²) in [6.45, 7) is 0. The van der Waals surface area contributed by atoms with Crippen molar-refractivity contribution in [3.05, 3.63) is 18.2 Å². The summed E-state index contributed by atoms with van der Waals surface area (Å²) in [5, 5.41) is 9.03. The zero-order valence-electron chi connectivity index (χ0n) is 6.50. The molecule has 12 heavy (non-hydrogen) atoms. The van der Waals surface area contributed by atoms with Gasteiger partial charge in [-0.1, -0.05) is 7.43 Å². The second-order valence-electron chi connectivity index (χ2n) is 2.04. The van der Waals surface area contributed by atoms with Crippen molar-refractivity contribution in [3.63, 3.8) is 0 Å². The van der Waals surface area contributed by atoms with Gasteiger partial charge in [0.2, 0.25) is 0 Å². The molecule has 0 atom stereocenters. The predicted molar refractivity (Wildman–Crippen MR) is 47.9 cm³/mol. The Balaban J connectivity index is 0.00000121. The summed E-state index contributed by atoms with van der Waals surface area (Å²) in [6, 6.07) is 4.69. The first-order valence-electron chi connectivity index (χ1n) is 3.19. The van der Waals surface area contributed by atoms with Gasteiger partial charge in [-0.2, -0.15) is 0 Å². The molecular weight excluding hydrogens is 156 g/mol. The fourth-order valence-corrected chi connectivity index (χ4v) is 0.825. The monoisotopic (exact) mass is 170 g/mol. The molecule has 0 aliphatic carbocycles. The minimum absolute atomic E-state index is 0. The van der Waals surface area contributed by atoms with Crippen LogP contribution in [0.15, 0.2) is 18.2 Å². The smallest absolute Gasteiger partial charge is 0.164 e. The zero-order valence-corrected chi connectivity index (χ0v) is 6.50. The molecule has 0 radical (unpaired) electrons. The number of ether oxygens (including phenoxy) is 2. The molecule has 0 spiro atoms. The van der Waals surface area contributed by atoms with E-state index in [0.29, 0.717) is 11.5 Å². The molecule has 3 heteroatoms. The van der Waals surface area contributed by atoms with Crippen molar-refractivity contribution < 1.29 is 14.6 Å². The number of phenolic OH excluding ortho intramolecular Hbond substituents is 1. The molecule has 68 valence electrons. The van der Waals surface area contributed by atoms with Crippen molar-refractivity contribution >= 4 is 0 Å². The Labute approximate surface area is 72.6 Å². The molecule has 1 rings (SSSR count). The SMILES string of the molecule is C.COc1ccc(O)cc1OC. The lowest BCUT2D eigenvalue weighted by molar-refractivity contribution is 0.351. The van der Waals surface area contributed by atoms with Crippen LogP contribution < -0.4 is 9.47 Å². The molecule has 0 aromatic heterocycles. The summed E-state index contributed by atoms with van der Waals surface area (Å²) >= 11 is 0. The number of phenols is 1. The highest BCUT2D eigenvalue weighted by atomic mass is 16.5. The van der Waals surface area contributed by atoms with Gasteiger partial charge in [0.1, 0.15) is 5.75 Å².